The average molecular weight is 352 g/mol. The Labute approximate surface area is 134 Å². The Morgan fingerprint density at radius 1 is 1.24 bits per heavy atom. The smallest absolute Gasteiger partial charge is 0.253 e. The van der Waals surface area contributed by atoms with Gasteiger partial charge in [-0.25, -0.2) is 0 Å². The third-order valence-corrected chi connectivity index (χ3v) is 4.90. The molecule has 1 aromatic carbocycles. The minimum absolute atomic E-state index is 0.156. The van der Waals surface area contributed by atoms with Crippen molar-refractivity contribution in [2.75, 3.05) is 39.3 Å². The molecule has 0 aliphatic carbocycles. The van der Waals surface area contributed by atoms with Gasteiger partial charge in [0.2, 0.25) is 0 Å². The van der Waals surface area contributed by atoms with Crippen LogP contribution in [0.2, 0.25) is 0 Å². The van der Waals surface area contributed by atoms with Gasteiger partial charge in [0.05, 0.1) is 0 Å². The molecule has 1 atom stereocenters. The van der Waals surface area contributed by atoms with Gasteiger partial charge in [0.15, 0.2) is 0 Å². The number of rotatable bonds is 2. The van der Waals surface area contributed by atoms with Crippen LogP contribution in [-0.4, -0.2) is 61.0 Å². The Balaban J connectivity index is 1.62. The molecule has 114 valence electrons. The summed E-state index contributed by atoms with van der Waals surface area (Å²) in [5, 5.41) is 3.41. The molecule has 0 radical (unpaired) electrons. The van der Waals surface area contributed by atoms with Crippen molar-refractivity contribution in [1.29, 1.82) is 0 Å². The molecule has 0 aromatic heterocycles. The molecule has 2 heterocycles. The topological polar surface area (TPSA) is 35.6 Å². The van der Waals surface area contributed by atoms with E-state index >= 15 is 0 Å². The predicted octanol–water partition coefficient (Wildman–Crippen LogP) is 1.88. The average Bonchev–Trinajstić information content (AvgIpc) is 3.00. The second kappa shape index (κ2) is 6.46. The number of nitrogens with zero attached hydrogens (tertiary/aromatic N) is 2. The van der Waals surface area contributed by atoms with Crippen molar-refractivity contribution >= 4 is 21.8 Å². The number of hydrogen-bond acceptors (Lipinski definition) is 3. The summed E-state index contributed by atoms with van der Waals surface area (Å²) in [6, 6.07) is 6.58. The minimum Gasteiger partial charge on any atom is -0.336 e. The van der Waals surface area contributed by atoms with E-state index in [1.54, 1.807) is 0 Å². The van der Waals surface area contributed by atoms with Gasteiger partial charge in [-0.05, 0) is 43.7 Å². The van der Waals surface area contributed by atoms with E-state index in [1.165, 1.54) is 6.42 Å². The van der Waals surface area contributed by atoms with Crippen LogP contribution in [0.3, 0.4) is 0 Å². The molecule has 1 aromatic rings. The van der Waals surface area contributed by atoms with Crippen LogP contribution in [0.5, 0.6) is 0 Å². The van der Waals surface area contributed by atoms with Crippen LogP contribution in [-0.2, 0) is 0 Å². The highest BCUT2D eigenvalue weighted by molar-refractivity contribution is 9.10. The maximum atomic E-state index is 12.6. The molecule has 21 heavy (non-hydrogen) atoms. The number of piperazine rings is 1. The largest absolute Gasteiger partial charge is 0.336 e. The minimum atomic E-state index is 0.156. The first-order valence-corrected chi connectivity index (χ1v) is 8.44. The first kappa shape index (κ1) is 15.0. The third kappa shape index (κ3) is 3.47. The highest BCUT2D eigenvalue weighted by atomic mass is 79.9. The molecular weight excluding hydrogens is 330 g/mol. The number of halogens is 1. The lowest BCUT2D eigenvalue weighted by molar-refractivity contribution is 0.0583. The normalized spacial score (nSPS) is 23.5. The van der Waals surface area contributed by atoms with E-state index in [0.717, 1.165) is 54.9 Å². The van der Waals surface area contributed by atoms with Gasteiger partial charge in [-0.3, -0.25) is 9.69 Å². The quantitative estimate of drug-likeness (QED) is 0.883. The molecule has 4 nitrogen and oxygen atoms in total. The Kier molecular flexibility index (Phi) is 4.62. The summed E-state index contributed by atoms with van der Waals surface area (Å²) in [6.07, 6.45) is 1.23. The van der Waals surface area contributed by atoms with Gasteiger partial charge in [-0.2, -0.15) is 0 Å². The van der Waals surface area contributed by atoms with Crippen molar-refractivity contribution in [2.45, 2.75) is 19.4 Å². The van der Waals surface area contributed by atoms with Crippen molar-refractivity contribution in [2.24, 2.45) is 0 Å². The maximum Gasteiger partial charge on any atom is 0.253 e. The third-order valence-electron chi connectivity index (χ3n) is 4.44. The molecule has 2 fully saturated rings. The van der Waals surface area contributed by atoms with Gasteiger partial charge in [-0.1, -0.05) is 15.9 Å². The molecular formula is C16H22BrN3O. The molecule has 0 spiro atoms. The zero-order valence-corrected chi connectivity index (χ0v) is 14.0. The Hall–Kier alpha value is -0.910. The second-order valence-corrected chi connectivity index (χ2v) is 6.91. The highest BCUT2D eigenvalue weighted by Crippen LogP contribution is 2.18. The van der Waals surface area contributed by atoms with Gasteiger partial charge in [0, 0.05) is 48.8 Å². The summed E-state index contributed by atoms with van der Waals surface area (Å²) in [4.78, 5) is 17.1. The zero-order valence-electron chi connectivity index (χ0n) is 12.4. The summed E-state index contributed by atoms with van der Waals surface area (Å²) in [5.41, 5.74) is 1.90. The van der Waals surface area contributed by atoms with Gasteiger partial charge < -0.3 is 10.2 Å². The number of aryl methyl sites for hydroxylation is 1. The number of carbonyl (C=O) groups is 1. The Morgan fingerprint density at radius 3 is 2.62 bits per heavy atom. The number of amides is 1. The molecule has 2 aliphatic heterocycles. The van der Waals surface area contributed by atoms with Crippen LogP contribution in [0.1, 0.15) is 22.3 Å². The van der Waals surface area contributed by atoms with Gasteiger partial charge in [0.1, 0.15) is 0 Å². The van der Waals surface area contributed by atoms with E-state index in [0.29, 0.717) is 6.04 Å². The van der Waals surface area contributed by atoms with E-state index in [1.807, 2.05) is 30.0 Å². The van der Waals surface area contributed by atoms with Crippen LogP contribution in [0, 0.1) is 6.92 Å². The molecule has 0 bridgehead atoms. The number of nitrogens with one attached hydrogen (secondary N) is 1. The SMILES string of the molecule is Cc1cc(Br)cc(C(=O)N2CCN(C3CCNC3)CC2)c1. The fourth-order valence-corrected chi connectivity index (χ4v) is 3.89. The van der Waals surface area contributed by atoms with Crippen molar-refractivity contribution < 1.29 is 4.79 Å². The monoisotopic (exact) mass is 351 g/mol. The summed E-state index contributed by atoms with van der Waals surface area (Å²) < 4.78 is 0.974. The van der Waals surface area contributed by atoms with E-state index < -0.39 is 0 Å². The zero-order chi connectivity index (χ0) is 14.8. The molecule has 1 amide bonds. The lowest BCUT2D eigenvalue weighted by atomic mass is 10.1. The Morgan fingerprint density at radius 2 is 2.00 bits per heavy atom. The van der Waals surface area contributed by atoms with Crippen molar-refractivity contribution in [3.8, 4) is 0 Å². The first-order chi connectivity index (χ1) is 10.1. The lowest BCUT2D eigenvalue weighted by Crippen LogP contribution is -2.52. The van der Waals surface area contributed by atoms with Gasteiger partial charge in [-0.15, -0.1) is 0 Å². The van der Waals surface area contributed by atoms with E-state index in [2.05, 4.69) is 26.1 Å². The van der Waals surface area contributed by atoms with Crippen LogP contribution < -0.4 is 5.32 Å². The molecule has 5 heteroatoms. The van der Waals surface area contributed by atoms with Gasteiger partial charge in [0.25, 0.3) is 5.91 Å². The summed E-state index contributed by atoms with van der Waals surface area (Å²) in [7, 11) is 0. The highest BCUT2D eigenvalue weighted by Gasteiger charge is 2.28. The molecule has 2 aliphatic rings. The molecule has 1 unspecified atom stereocenters. The molecule has 2 saturated heterocycles. The van der Waals surface area contributed by atoms with Gasteiger partial charge >= 0.3 is 0 Å². The van der Waals surface area contributed by atoms with Crippen molar-refractivity contribution in [3.05, 3.63) is 33.8 Å². The van der Waals surface area contributed by atoms with Crippen LogP contribution >= 0.6 is 15.9 Å². The molecule has 0 saturated carbocycles. The number of benzene rings is 1. The predicted molar refractivity (Wildman–Crippen MR) is 87.6 cm³/mol. The van der Waals surface area contributed by atoms with Crippen molar-refractivity contribution in [1.82, 2.24) is 15.1 Å². The van der Waals surface area contributed by atoms with E-state index in [9.17, 15) is 4.79 Å². The molecule has 3 rings (SSSR count). The van der Waals surface area contributed by atoms with Crippen LogP contribution in [0.4, 0.5) is 0 Å². The standard InChI is InChI=1S/C16H22BrN3O/c1-12-8-13(10-14(17)9-12)16(21)20-6-4-19(5-7-20)15-2-3-18-11-15/h8-10,15,18H,2-7,11H2,1H3. The van der Waals surface area contributed by atoms with Crippen LogP contribution in [0.25, 0.3) is 0 Å². The first-order valence-electron chi connectivity index (χ1n) is 7.65. The molecule has 1 N–H and O–H groups in total. The van der Waals surface area contributed by atoms with E-state index in [4.69, 9.17) is 0 Å². The van der Waals surface area contributed by atoms with Crippen LogP contribution in [0.15, 0.2) is 22.7 Å². The van der Waals surface area contributed by atoms with Crippen molar-refractivity contribution in [3.63, 3.8) is 0 Å². The summed E-state index contributed by atoms with van der Waals surface area (Å²) in [5.74, 6) is 0.156. The Bertz CT molecular complexity index is 500. The maximum absolute atomic E-state index is 12.6. The van der Waals surface area contributed by atoms with E-state index in [-0.39, 0.29) is 5.91 Å². The summed E-state index contributed by atoms with van der Waals surface area (Å²) >= 11 is 3.47. The number of carbonyl (C=O) groups excluding carboxylic acids is 1. The fraction of sp³-hybridized carbons (Fsp3) is 0.562. The fourth-order valence-electron chi connectivity index (χ4n) is 3.28. The summed E-state index contributed by atoms with van der Waals surface area (Å²) in [6.45, 7) is 7.89. The lowest BCUT2D eigenvalue weighted by Gasteiger charge is -2.37. The second-order valence-electron chi connectivity index (χ2n) is 5.99. The number of hydrogen-bond donors (Lipinski definition) is 1.